The summed E-state index contributed by atoms with van der Waals surface area (Å²) in [5, 5.41) is 0.621. The van der Waals surface area contributed by atoms with Crippen molar-refractivity contribution in [1.29, 1.82) is 0 Å². The van der Waals surface area contributed by atoms with Crippen LogP contribution in [0.4, 0.5) is 4.39 Å². The van der Waals surface area contributed by atoms with Crippen molar-refractivity contribution in [3.8, 4) is 5.75 Å². The Bertz CT molecular complexity index is 592. The van der Waals surface area contributed by atoms with Crippen molar-refractivity contribution >= 4 is 27.5 Å². The van der Waals surface area contributed by atoms with E-state index in [1.165, 1.54) is 12.1 Å². The molecule has 0 atom stereocenters. The number of hydrogen-bond acceptors (Lipinski definition) is 2. The van der Waals surface area contributed by atoms with Gasteiger partial charge in [-0.15, -0.1) is 0 Å². The van der Waals surface area contributed by atoms with Gasteiger partial charge in [0.2, 0.25) is 0 Å². The van der Waals surface area contributed by atoms with Crippen molar-refractivity contribution in [1.82, 2.24) is 0 Å². The predicted molar refractivity (Wildman–Crippen MR) is 77.8 cm³/mol. The first kappa shape index (κ1) is 14.3. The molecule has 0 unspecified atom stereocenters. The molecule has 0 saturated carbocycles. The van der Waals surface area contributed by atoms with Gasteiger partial charge in [0.1, 0.15) is 18.2 Å². The zero-order chi connectivity index (χ0) is 13.8. The van der Waals surface area contributed by atoms with Gasteiger partial charge in [0.05, 0.1) is 0 Å². The standard InChI is InChI=1S/C14H12BrClFNO/c15-13-6-12(17)3-1-9(13)8-19-14-4-2-11(16)5-10(14)7-18/h1-6H,7-8,18H2. The highest BCUT2D eigenvalue weighted by atomic mass is 79.9. The van der Waals surface area contributed by atoms with Gasteiger partial charge in [-0.2, -0.15) is 0 Å². The van der Waals surface area contributed by atoms with Crippen LogP contribution in [0.3, 0.4) is 0 Å². The Morgan fingerprint density at radius 2 is 1.95 bits per heavy atom. The van der Waals surface area contributed by atoms with Gasteiger partial charge in [0, 0.05) is 27.2 Å². The fraction of sp³-hybridized carbons (Fsp3) is 0.143. The number of ether oxygens (including phenoxy) is 1. The molecular weight excluding hydrogens is 333 g/mol. The minimum Gasteiger partial charge on any atom is -0.489 e. The number of hydrogen-bond donors (Lipinski definition) is 1. The number of benzene rings is 2. The van der Waals surface area contributed by atoms with Crippen molar-refractivity contribution in [3.05, 3.63) is 62.8 Å². The highest BCUT2D eigenvalue weighted by Crippen LogP contribution is 2.25. The number of nitrogens with two attached hydrogens (primary N) is 1. The van der Waals surface area contributed by atoms with E-state index in [-0.39, 0.29) is 5.82 Å². The van der Waals surface area contributed by atoms with E-state index in [0.29, 0.717) is 28.4 Å². The minimum atomic E-state index is -0.287. The molecule has 100 valence electrons. The SMILES string of the molecule is NCc1cc(Cl)ccc1OCc1ccc(F)cc1Br. The Labute approximate surface area is 124 Å². The van der Waals surface area contributed by atoms with E-state index in [1.807, 2.05) is 0 Å². The summed E-state index contributed by atoms with van der Waals surface area (Å²) >= 11 is 9.20. The fourth-order valence-corrected chi connectivity index (χ4v) is 2.30. The van der Waals surface area contributed by atoms with E-state index in [2.05, 4.69) is 15.9 Å². The highest BCUT2D eigenvalue weighted by Gasteiger charge is 2.06. The summed E-state index contributed by atoms with van der Waals surface area (Å²) in [4.78, 5) is 0. The van der Waals surface area contributed by atoms with E-state index in [1.54, 1.807) is 24.3 Å². The van der Waals surface area contributed by atoms with Gasteiger partial charge in [0.15, 0.2) is 0 Å². The van der Waals surface area contributed by atoms with E-state index in [4.69, 9.17) is 22.1 Å². The molecule has 0 aromatic heterocycles. The van der Waals surface area contributed by atoms with Gasteiger partial charge >= 0.3 is 0 Å². The van der Waals surface area contributed by atoms with Crippen LogP contribution in [0.1, 0.15) is 11.1 Å². The lowest BCUT2D eigenvalue weighted by Crippen LogP contribution is -2.03. The lowest BCUT2D eigenvalue weighted by molar-refractivity contribution is 0.302. The average molecular weight is 345 g/mol. The first-order valence-electron chi connectivity index (χ1n) is 5.65. The summed E-state index contributed by atoms with van der Waals surface area (Å²) in [5.74, 6) is 0.396. The van der Waals surface area contributed by atoms with Gasteiger partial charge in [-0.05, 0) is 30.3 Å². The zero-order valence-electron chi connectivity index (χ0n) is 10.00. The van der Waals surface area contributed by atoms with E-state index in [0.717, 1.165) is 11.1 Å². The Morgan fingerprint density at radius 1 is 1.16 bits per heavy atom. The third-order valence-electron chi connectivity index (χ3n) is 2.64. The van der Waals surface area contributed by atoms with Crippen LogP contribution >= 0.6 is 27.5 Å². The molecular formula is C14H12BrClFNO. The summed E-state index contributed by atoms with van der Waals surface area (Å²) in [5.41, 5.74) is 7.34. The second kappa shape index (κ2) is 6.37. The summed E-state index contributed by atoms with van der Waals surface area (Å²) in [7, 11) is 0. The quantitative estimate of drug-likeness (QED) is 0.898. The molecule has 0 aliphatic rings. The van der Waals surface area contributed by atoms with E-state index >= 15 is 0 Å². The molecule has 0 aliphatic carbocycles. The number of rotatable bonds is 4. The molecule has 2 rings (SSSR count). The topological polar surface area (TPSA) is 35.2 Å². The van der Waals surface area contributed by atoms with Gasteiger partial charge in [-0.3, -0.25) is 0 Å². The second-order valence-electron chi connectivity index (χ2n) is 3.98. The molecule has 5 heteroatoms. The maximum atomic E-state index is 13.0. The van der Waals surface area contributed by atoms with Crippen molar-refractivity contribution in [3.63, 3.8) is 0 Å². The molecule has 0 saturated heterocycles. The van der Waals surface area contributed by atoms with Crippen LogP contribution in [0.25, 0.3) is 0 Å². The largest absolute Gasteiger partial charge is 0.489 e. The molecule has 2 aromatic rings. The van der Waals surface area contributed by atoms with Crippen LogP contribution in [0, 0.1) is 5.82 Å². The molecule has 0 radical (unpaired) electrons. The normalized spacial score (nSPS) is 10.5. The Balaban J connectivity index is 2.14. The first-order valence-corrected chi connectivity index (χ1v) is 6.82. The van der Waals surface area contributed by atoms with Gasteiger partial charge in [-0.25, -0.2) is 4.39 Å². The van der Waals surface area contributed by atoms with E-state index < -0.39 is 0 Å². The van der Waals surface area contributed by atoms with Crippen LogP contribution < -0.4 is 10.5 Å². The van der Waals surface area contributed by atoms with Crippen molar-refractivity contribution in [2.24, 2.45) is 5.73 Å². The summed E-state index contributed by atoms with van der Waals surface area (Å²) in [6.45, 7) is 0.677. The van der Waals surface area contributed by atoms with Crippen molar-refractivity contribution in [2.45, 2.75) is 13.2 Å². The molecule has 0 fully saturated rings. The predicted octanol–water partition coefficient (Wildman–Crippen LogP) is 4.28. The van der Waals surface area contributed by atoms with Crippen LogP contribution in [0.2, 0.25) is 5.02 Å². The van der Waals surface area contributed by atoms with Crippen molar-refractivity contribution < 1.29 is 9.13 Å². The first-order chi connectivity index (χ1) is 9.10. The summed E-state index contributed by atoms with van der Waals surface area (Å²) in [6, 6.07) is 9.78. The van der Waals surface area contributed by atoms with Crippen LogP contribution in [-0.4, -0.2) is 0 Å². The van der Waals surface area contributed by atoms with Crippen LogP contribution in [0.5, 0.6) is 5.75 Å². The van der Waals surface area contributed by atoms with Gasteiger partial charge < -0.3 is 10.5 Å². The van der Waals surface area contributed by atoms with Crippen molar-refractivity contribution in [2.75, 3.05) is 0 Å². The molecule has 2 N–H and O–H groups in total. The summed E-state index contributed by atoms with van der Waals surface area (Å²) in [6.07, 6.45) is 0. The minimum absolute atomic E-state index is 0.287. The van der Waals surface area contributed by atoms with Crippen LogP contribution in [0.15, 0.2) is 40.9 Å². The monoisotopic (exact) mass is 343 g/mol. The molecule has 19 heavy (non-hydrogen) atoms. The molecule has 0 aliphatic heterocycles. The summed E-state index contributed by atoms with van der Waals surface area (Å²) < 4.78 is 19.3. The smallest absolute Gasteiger partial charge is 0.124 e. The maximum Gasteiger partial charge on any atom is 0.124 e. The molecule has 2 nitrogen and oxygen atoms in total. The van der Waals surface area contributed by atoms with Gasteiger partial charge in [0.25, 0.3) is 0 Å². The maximum absolute atomic E-state index is 13.0. The average Bonchev–Trinajstić information content (AvgIpc) is 2.39. The molecule has 0 spiro atoms. The molecule has 0 bridgehead atoms. The lowest BCUT2D eigenvalue weighted by Gasteiger charge is -2.11. The second-order valence-corrected chi connectivity index (χ2v) is 5.27. The number of halogens is 3. The van der Waals surface area contributed by atoms with Gasteiger partial charge in [-0.1, -0.05) is 33.6 Å². The Morgan fingerprint density at radius 3 is 2.63 bits per heavy atom. The molecule has 2 aromatic carbocycles. The molecule has 0 heterocycles. The third kappa shape index (κ3) is 3.69. The Hall–Kier alpha value is -1.10. The van der Waals surface area contributed by atoms with E-state index in [9.17, 15) is 4.39 Å². The third-order valence-corrected chi connectivity index (χ3v) is 3.61. The Kier molecular flexibility index (Phi) is 4.80. The fourth-order valence-electron chi connectivity index (χ4n) is 1.64. The van der Waals surface area contributed by atoms with Crippen LogP contribution in [-0.2, 0) is 13.2 Å². The molecule has 0 amide bonds. The lowest BCUT2D eigenvalue weighted by atomic mass is 10.2. The zero-order valence-corrected chi connectivity index (χ0v) is 12.3. The highest BCUT2D eigenvalue weighted by molar-refractivity contribution is 9.10.